The maximum atomic E-state index is 14.3. The van der Waals surface area contributed by atoms with E-state index in [4.69, 9.17) is 35.3 Å². The van der Waals surface area contributed by atoms with Gasteiger partial charge in [0.05, 0.1) is 25.3 Å². The molecule has 3 heterocycles. The summed E-state index contributed by atoms with van der Waals surface area (Å²) in [6.07, 6.45) is 2.97. The van der Waals surface area contributed by atoms with Crippen LogP contribution in [-0.4, -0.2) is 120 Å². The van der Waals surface area contributed by atoms with Crippen molar-refractivity contribution in [1.82, 2.24) is 10.2 Å². The van der Waals surface area contributed by atoms with Crippen LogP contribution in [0.15, 0.2) is 35.9 Å². The SMILES string of the molecule is COc1cc2cc(c1Cl)N(C)C(=O)C[C@H](OC(=O)[C@H](C)N(C)C(=O)CCC(C)SSC(C)CCC(C)=O)[C@@]1(C)O[C@H]1[C@H](C)[C@@H]1C[C@@](O)(NC(=O)O1)[C@H](OC)/C=C/C=C(\C)C2. The fourth-order valence-corrected chi connectivity index (χ4v) is 10.2. The van der Waals surface area contributed by atoms with Crippen LogP contribution in [0.25, 0.3) is 0 Å². The molecule has 4 rings (SSSR count). The number of benzene rings is 1. The van der Waals surface area contributed by atoms with Crippen LogP contribution in [0.5, 0.6) is 5.75 Å². The van der Waals surface area contributed by atoms with Crippen molar-refractivity contribution >= 4 is 68.5 Å². The van der Waals surface area contributed by atoms with E-state index in [1.165, 1.54) is 24.0 Å². The minimum atomic E-state index is -1.84. The molecule has 10 atom stereocenters. The lowest BCUT2D eigenvalue weighted by Gasteiger charge is -2.42. The molecule has 0 aromatic heterocycles. The summed E-state index contributed by atoms with van der Waals surface area (Å²) in [7, 11) is 9.42. The predicted octanol–water partition coefficient (Wildman–Crippen LogP) is 6.82. The van der Waals surface area contributed by atoms with Gasteiger partial charge >= 0.3 is 12.1 Å². The summed E-state index contributed by atoms with van der Waals surface area (Å²) >= 11 is 6.80. The zero-order valence-electron chi connectivity index (χ0n) is 36.6. The second-order valence-electron chi connectivity index (χ2n) is 16.5. The molecular formula is C43H62ClN3O11S2. The number of rotatable bonds is 14. The molecular weight excluding hydrogens is 834 g/mol. The lowest BCUT2D eigenvalue weighted by molar-refractivity contribution is -0.162. The zero-order valence-corrected chi connectivity index (χ0v) is 39.0. The van der Waals surface area contributed by atoms with Crippen LogP contribution in [0, 0.1) is 5.92 Å². The fraction of sp³-hybridized carbons (Fsp3) is 0.651. The highest BCUT2D eigenvalue weighted by Crippen LogP contribution is 2.49. The summed E-state index contributed by atoms with van der Waals surface area (Å²) in [6.45, 7) is 12.7. The molecule has 2 saturated heterocycles. The van der Waals surface area contributed by atoms with E-state index in [-0.39, 0.29) is 41.2 Å². The van der Waals surface area contributed by atoms with Gasteiger partial charge in [-0.25, -0.2) is 9.59 Å². The lowest BCUT2D eigenvalue weighted by Crippen LogP contribution is -2.63. The Morgan fingerprint density at radius 3 is 2.38 bits per heavy atom. The number of ketones is 1. The molecule has 4 bridgehead atoms. The maximum absolute atomic E-state index is 14.3. The van der Waals surface area contributed by atoms with Crippen molar-refractivity contribution in [1.29, 1.82) is 0 Å². The molecule has 2 fully saturated rings. The van der Waals surface area contributed by atoms with Gasteiger partial charge in [-0.05, 0) is 64.7 Å². The van der Waals surface area contributed by atoms with Gasteiger partial charge in [0.25, 0.3) is 0 Å². The van der Waals surface area contributed by atoms with E-state index in [0.717, 1.165) is 17.6 Å². The average molecular weight is 897 g/mol. The number of alkyl carbamates (subject to hydrolysis) is 1. The minimum absolute atomic E-state index is 0.0592. The van der Waals surface area contributed by atoms with Crippen LogP contribution in [0.4, 0.5) is 10.5 Å². The first-order valence-electron chi connectivity index (χ1n) is 20.3. The first-order valence-corrected chi connectivity index (χ1v) is 23.0. The predicted molar refractivity (Wildman–Crippen MR) is 234 cm³/mol. The second-order valence-corrected chi connectivity index (χ2v) is 20.0. The number of hydrogen-bond acceptors (Lipinski definition) is 13. The number of likely N-dealkylation sites (N-methyl/N-ethyl adjacent to an activating group) is 1. The van der Waals surface area contributed by atoms with Gasteiger partial charge in [-0.3, -0.25) is 14.9 Å². The van der Waals surface area contributed by atoms with Crippen LogP contribution in [0.1, 0.15) is 92.6 Å². The molecule has 2 unspecified atom stereocenters. The number of halogens is 1. The Morgan fingerprint density at radius 1 is 1.12 bits per heavy atom. The largest absolute Gasteiger partial charge is 0.495 e. The first kappa shape index (κ1) is 49.4. The molecule has 17 heteroatoms. The fourth-order valence-electron chi connectivity index (χ4n) is 7.41. The summed E-state index contributed by atoms with van der Waals surface area (Å²) < 4.78 is 29.4. The number of epoxide rings is 1. The van der Waals surface area contributed by atoms with Gasteiger partial charge in [-0.1, -0.05) is 77.8 Å². The standard InChI is InChI=1S/C43H62ClN3O11S2/c1-24-13-12-14-34(55-11)43(53)23-33(56-41(52)45-43)28(5)39-42(7,58-39)35(22-37(50)47(9)31-20-30(19-24)21-32(54-10)38(31)44)57-40(51)29(6)46(8)36(49)18-17-27(4)60-59-26(3)16-15-25(2)48/h12-14,20-21,26-29,33-35,39,53H,15-19,22-23H2,1-11H3,(H,45,52)/b14-12+,24-13+/t26?,27?,28-,29+,33+,34-,35+,39+,42-,43+/m1/s1. The number of nitrogens with one attached hydrogen (secondary N) is 1. The third kappa shape index (κ3) is 12.4. The van der Waals surface area contributed by atoms with E-state index in [1.54, 1.807) is 87.7 Å². The average Bonchev–Trinajstić information content (AvgIpc) is 3.90. The van der Waals surface area contributed by atoms with Crippen molar-refractivity contribution in [2.75, 3.05) is 33.2 Å². The lowest BCUT2D eigenvalue weighted by atomic mass is 9.83. The monoisotopic (exact) mass is 895 g/mol. The summed E-state index contributed by atoms with van der Waals surface area (Å²) in [6, 6.07) is 2.58. The zero-order chi connectivity index (χ0) is 44.7. The van der Waals surface area contributed by atoms with Gasteiger partial charge in [0.2, 0.25) is 11.8 Å². The number of anilines is 1. The summed E-state index contributed by atoms with van der Waals surface area (Å²) in [5, 5.41) is 15.0. The summed E-state index contributed by atoms with van der Waals surface area (Å²) in [5.74, 6) is -1.42. The van der Waals surface area contributed by atoms with Crippen LogP contribution in [-0.2, 0) is 44.5 Å². The molecule has 0 saturated carbocycles. The second kappa shape index (κ2) is 21.2. The number of carbonyl (C=O) groups excluding carboxylic acids is 5. The topological polar surface area (TPSA) is 174 Å². The highest BCUT2D eigenvalue weighted by Gasteiger charge is 2.64. The van der Waals surface area contributed by atoms with Crippen molar-refractivity contribution in [2.45, 2.75) is 146 Å². The molecule has 1 aromatic rings. The number of fused-ring (bicyclic) bond motifs is 5. The normalized spacial score (nSPS) is 30.0. The van der Waals surface area contributed by atoms with Crippen LogP contribution in [0.3, 0.4) is 0 Å². The number of amides is 3. The quantitative estimate of drug-likeness (QED) is 0.113. The Morgan fingerprint density at radius 2 is 1.77 bits per heavy atom. The van der Waals surface area contributed by atoms with E-state index in [1.807, 2.05) is 19.9 Å². The number of methoxy groups -OCH3 is 2. The van der Waals surface area contributed by atoms with Crippen LogP contribution >= 0.6 is 33.2 Å². The highest BCUT2D eigenvalue weighted by molar-refractivity contribution is 8.77. The third-order valence-electron chi connectivity index (χ3n) is 11.6. The number of ether oxygens (including phenoxy) is 5. The van der Waals surface area contributed by atoms with Crippen molar-refractivity contribution < 1.29 is 52.8 Å². The van der Waals surface area contributed by atoms with E-state index < -0.39 is 65.7 Å². The molecule has 60 heavy (non-hydrogen) atoms. The molecule has 3 aliphatic heterocycles. The number of Topliss-reactive ketones (excluding diaryl/α,β-unsaturated/α-hetero) is 1. The Kier molecular flexibility index (Phi) is 17.4. The first-order chi connectivity index (χ1) is 28.1. The maximum Gasteiger partial charge on any atom is 0.409 e. The molecule has 3 amide bonds. The summed E-state index contributed by atoms with van der Waals surface area (Å²) in [5.41, 5.74) is -0.961. The van der Waals surface area contributed by atoms with Gasteiger partial charge in [0.15, 0.2) is 5.72 Å². The Hall–Kier alpha value is -3.28. The van der Waals surface area contributed by atoms with E-state index in [0.29, 0.717) is 35.9 Å². The Bertz CT molecular complexity index is 1810. The van der Waals surface area contributed by atoms with Gasteiger partial charge in [-0.2, -0.15) is 0 Å². The van der Waals surface area contributed by atoms with E-state index in [9.17, 15) is 29.1 Å². The van der Waals surface area contributed by atoms with Crippen LogP contribution in [0.2, 0.25) is 5.02 Å². The van der Waals surface area contributed by atoms with Crippen molar-refractivity contribution in [3.63, 3.8) is 0 Å². The molecule has 334 valence electrons. The summed E-state index contributed by atoms with van der Waals surface area (Å²) in [4.78, 5) is 68.6. The number of nitrogens with zero attached hydrogens (tertiary/aromatic N) is 2. The van der Waals surface area contributed by atoms with E-state index >= 15 is 0 Å². The molecule has 2 N–H and O–H groups in total. The van der Waals surface area contributed by atoms with Crippen molar-refractivity contribution in [3.05, 3.63) is 46.5 Å². The van der Waals surface area contributed by atoms with Gasteiger partial charge in [0, 0.05) is 56.9 Å². The number of hydrogen-bond donors (Lipinski definition) is 2. The van der Waals surface area contributed by atoms with Crippen molar-refractivity contribution in [3.8, 4) is 5.75 Å². The molecule has 3 aliphatic rings. The van der Waals surface area contributed by atoms with Crippen molar-refractivity contribution in [2.24, 2.45) is 5.92 Å². The number of allylic oxidation sites excluding steroid dienone is 3. The number of carbonyl (C=O) groups is 5. The smallest absolute Gasteiger partial charge is 0.409 e. The van der Waals surface area contributed by atoms with Crippen LogP contribution < -0.4 is 15.0 Å². The molecule has 0 spiro atoms. The van der Waals surface area contributed by atoms with Gasteiger partial charge in [0.1, 0.15) is 46.5 Å². The molecule has 14 nitrogen and oxygen atoms in total. The Balaban J connectivity index is 1.61. The van der Waals surface area contributed by atoms with Gasteiger partial charge < -0.3 is 43.4 Å². The van der Waals surface area contributed by atoms with Gasteiger partial charge in [-0.15, -0.1) is 0 Å². The molecule has 0 radical (unpaired) electrons. The minimum Gasteiger partial charge on any atom is -0.495 e. The third-order valence-corrected chi connectivity index (χ3v) is 15.5. The number of aliphatic hydroxyl groups is 1. The van der Waals surface area contributed by atoms with E-state index in [2.05, 4.69) is 12.2 Å². The number of esters is 1. The molecule has 1 aromatic carbocycles. The molecule has 0 aliphatic carbocycles. The Labute approximate surface area is 367 Å². The highest BCUT2D eigenvalue weighted by atomic mass is 35.5.